The first kappa shape index (κ1) is 15.7. The normalized spacial score (nSPS) is 13.8. The number of likely N-dealkylation sites (N-methyl/N-ethyl adjacent to an activating group) is 1. The van der Waals surface area contributed by atoms with Crippen molar-refractivity contribution in [2.24, 2.45) is 0 Å². The predicted octanol–water partition coefficient (Wildman–Crippen LogP) is 3.10. The van der Waals surface area contributed by atoms with Gasteiger partial charge in [-0.3, -0.25) is 5.32 Å². The number of thioether (sulfide) groups is 1. The number of hydrogen-bond donors (Lipinski definition) is 2. The molecule has 5 heteroatoms. The van der Waals surface area contributed by atoms with Crippen LogP contribution in [0.2, 0.25) is 0 Å². The van der Waals surface area contributed by atoms with Crippen LogP contribution >= 0.6 is 11.8 Å². The van der Waals surface area contributed by atoms with Gasteiger partial charge in [-0.1, -0.05) is 37.3 Å². The minimum Gasteiger partial charge on any atom is -0.480 e. The van der Waals surface area contributed by atoms with Crippen molar-refractivity contribution in [2.45, 2.75) is 18.2 Å². The Bertz CT molecular complexity index is 556. The predicted molar refractivity (Wildman–Crippen MR) is 84.3 cm³/mol. The highest BCUT2D eigenvalue weighted by Gasteiger charge is 2.39. The van der Waals surface area contributed by atoms with Crippen LogP contribution in [0.25, 0.3) is 0 Å². The van der Waals surface area contributed by atoms with E-state index in [1.165, 1.54) is 0 Å². The molecule has 0 bridgehead atoms. The smallest absolute Gasteiger partial charge is 0.329 e. The zero-order chi connectivity index (χ0) is 15.1. The SMILES string of the molecule is CCNC(CSCc1ccco1)(C(=O)O)c1ccccc1. The van der Waals surface area contributed by atoms with Crippen molar-refractivity contribution < 1.29 is 14.3 Å². The van der Waals surface area contributed by atoms with Gasteiger partial charge in [0, 0.05) is 5.75 Å². The number of rotatable bonds is 8. The van der Waals surface area contributed by atoms with Gasteiger partial charge in [-0.25, -0.2) is 4.79 Å². The molecule has 1 heterocycles. The van der Waals surface area contributed by atoms with E-state index in [0.29, 0.717) is 18.1 Å². The molecule has 1 unspecified atom stereocenters. The number of hydrogen-bond acceptors (Lipinski definition) is 4. The van der Waals surface area contributed by atoms with Crippen LogP contribution in [0.15, 0.2) is 53.1 Å². The Morgan fingerprint density at radius 3 is 2.62 bits per heavy atom. The number of benzene rings is 1. The van der Waals surface area contributed by atoms with Crippen molar-refractivity contribution in [1.82, 2.24) is 5.32 Å². The van der Waals surface area contributed by atoms with Gasteiger partial charge in [-0.05, 0) is 24.2 Å². The van der Waals surface area contributed by atoms with E-state index in [1.54, 1.807) is 18.0 Å². The van der Waals surface area contributed by atoms with E-state index in [-0.39, 0.29) is 0 Å². The van der Waals surface area contributed by atoms with Crippen molar-refractivity contribution in [3.05, 3.63) is 60.1 Å². The molecule has 112 valence electrons. The maximum absolute atomic E-state index is 11.9. The summed E-state index contributed by atoms with van der Waals surface area (Å²) < 4.78 is 5.29. The highest BCUT2D eigenvalue weighted by molar-refractivity contribution is 7.98. The summed E-state index contributed by atoms with van der Waals surface area (Å²) in [5.41, 5.74) is -0.306. The molecule has 0 aliphatic heterocycles. The summed E-state index contributed by atoms with van der Waals surface area (Å²) in [6, 6.07) is 13.0. The lowest BCUT2D eigenvalue weighted by molar-refractivity contribution is -0.144. The van der Waals surface area contributed by atoms with Crippen LogP contribution in [0.3, 0.4) is 0 Å². The first-order chi connectivity index (χ1) is 10.2. The third-order valence-corrected chi connectivity index (χ3v) is 4.38. The van der Waals surface area contributed by atoms with Crippen LogP contribution in [0.4, 0.5) is 0 Å². The fraction of sp³-hybridized carbons (Fsp3) is 0.312. The summed E-state index contributed by atoms with van der Waals surface area (Å²) in [5.74, 6) is 1.08. The number of nitrogens with one attached hydrogen (secondary N) is 1. The number of furan rings is 1. The molecule has 2 N–H and O–H groups in total. The Hall–Kier alpha value is -1.72. The molecule has 0 aliphatic rings. The fourth-order valence-corrected chi connectivity index (χ4v) is 3.39. The molecule has 0 spiro atoms. The van der Waals surface area contributed by atoms with Crippen LogP contribution in [-0.2, 0) is 16.1 Å². The van der Waals surface area contributed by atoms with Crippen LogP contribution in [0.5, 0.6) is 0 Å². The first-order valence-corrected chi connectivity index (χ1v) is 7.98. The van der Waals surface area contributed by atoms with E-state index in [0.717, 1.165) is 11.3 Å². The van der Waals surface area contributed by atoms with E-state index >= 15 is 0 Å². The van der Waals surface area contributed by atoms with Crippen LogP contribution in [0.1, 0.15) is 18.2 Å². The number of aliphatic carboxylic acids is 1. The summed E-state index contributed by atoms with van der Waals surface area (Å²) in [4.78, 5) is 11.9. The van der Waals surface area contributed by atoms with E-state index in [2.05, 4.69) is 5.32 Å². The molecule has 0 amide bonds. The lowest BCUT2D eigenvalue weighted by Crippen LogP contribution is -2.51. The first-order valence-electron chi connectivity index (χ1n) is 6.83. The average molecular weight is 305 g/mol. The summed E-state index contributed by atoms with van der Waals surface area (Å²) in [6.07, 6.45) is 1.63. The molecule has 1 aromatic heterocycles. The molecule has 2 rings (SSSR count). The quantitative estimate of drug-likeness (QED) is 0.784. The largest absolute Gasteiger partial charge is 0.480 e. The number of carboxylic acids is 1. The highest BCUT2D eigenvalue weighted by atomic mass is 32.2. The number of carbonyl (C=O) groups is 1. The molecule has 1 atom stereocenters. The third kappa shape index (κ3) is 3.68. The van der Waals surface area contributed by atoms with Crippen molar-refractivity contribution in [1.29, 1.82) is 0 Å². The monoisotopic (exact) mass is 305 g/mol. The van der Waals surface area contributed by atoms with Gasteiger partial charge in [0.2, 0.25) is 0 Å². The Kier molecular flexibility index (Phi) is 5.47. The Morgan fingerprint density at radius 1 is 1.29 bits per heavy atom. The molecule has 0 saturated carbocycles. The maximum Gasteiger partial charge on any atom is 0.329 e. The second-order valence-corrected chi connectivity index (χ2v) is 5.66. The van der Waals surface area contributed by atoms with Crippen LogP contribution < -0.4 is 5.32 Å². The Morgan fingerprint density at radius 2 is 2.05 bits per heavy atom. The summed E-state index contributed by atoms with van der Waals surface area (Å²) >= 11 is 1.54. The van der Waals surface area contributed by atoms with Gasteiger partial charge in [0.1, 0.15) is 5.76 Å². The van der Waals surface area contributed by atoms with Crippen molar-refractivity contribution >= 4 is 17.7 Å². The Balaban J connectivity index is 2.16. The van der Waals surface area contributed by atoms with Crippen LogP contribution in [0, 0.1) is 0 Å². The van der Waals surface area contributed by atoms with Gasteiger partial charge in [0.15, 0.2) is 5.54 Å². The molecule has 0 fully saturated rings. The van der Waals surface area contributed by atoms with Gasteiger partial charge >= 0.3 is 5.97 Å². The standard InChI is InChI=1S/C16H19NO3S/c1-2-17-16(15(18)19,13-7-4-3-5-8-13)12-21-11-14-9-6-10-20-14/h3-10,17H,2,11-12H2,1H3,(H,18,19). The van der Waals surface area contributed by atoms with Crippen molar-refractivity contribution in [3.63, 3.8) is 0 Å². The molecule has 0 aliphatic carbocycles. The summed E-state index contributed by atoms with van der Waals surface area (Å²) in [6.45, 7) is 2.50. The molecule has 0 saturated heterocycles. The molecular formula is C16H19NO3S. The highest BCUT2D eigenvalue weighted by Crippen LogP contribution is 2.28. The lowest BCUT2D eigenvalue weighted by atomic mass is 9.92. The maximum atomic E-state index is 11.9. The van der Waals surface area contributed by atoms with Gasteiger partial charge in [-0.2, -0.15) is 11.8 Å². The minimum absolute atomic E-state index is 0.431. The third-order valence-electron chi connectivity index (χ3n) is 3.25. The van der Waals surface area contributed by atoms with E-state index in [4.69, 9.17) is 4.42 Å². The van der Waals surface area contributed by atoms with E-state index in [9.17, 15) is 9.90 Å². The average Bonchev–Trinajstić information content (AvgIpc) is 3.00. The van der Waals surface area contributed by atoms with E-state index in [1.807, 2.05) is 49.4 Å². The lowest BCUT2D eigenvalue weighted by Gasteiger charge is -2.30. The zero-order valence-corrected chi connectivity index (χ0v) is 12.7. The molecule has 1 aromatic carbocycles. The molecule has 0 radical (unpaired) electrons. The molecular weight excluding hydrogens is 286 g/mol. The molecule has 21 heavy (non-hydrogen) atoms. The van der Waals surface area contributed by atoms with Gasteiger partial charge in [0.25, 0.3) is 0 Å². The molecule has 4 nitrogen and oxygen atoms in total. The zero-order valence-electron chi connectivity index (χ0n) is 11.9. The topological polar surface area (TPSA) is 62.5 Å². The summed E-state index contributed by atoms with van der Waals surface area (Å²) in [5, 5.41) is 12.9. The second kappa shape index (κ2) is 7.33. The Labute approximate surface area is 128 Å². The van der Waals surface area contributed by atoms with Crippen molar-refractivity contribution in [2.75, 3.05) is 12.3 Å². The molecule has 2 aromatic rings. The second-order valence-electron chi connectivity index (χ2n) is 4.68. The van der Waals surface area contributed by atoms with Crippen molar-refractivity contribution in [3.8, 4) is 0 Å². The number of carboxylic acid groups (broad SMARTS) is 1. The minimum atomic E-state index is -1.08. The van der Waals surface area contributed by atoms with Gasteiger partial charge in [-0.15, -0.1) is 0 Å². The van der Waals surface area contributed by atoms with E-state index < -0.39 is 11.5 Å². The van der Waals surface area contributed by atoms with Gasteiger partial charge < -0.3 is 9.52 Å². The van der Waals surface area contributed by atoms with Gasteiger partial charge in [0.05, 0.1) is 12.0 Å². The summed E-state index contributed by atoms with van der Waals surface area (Å²) in [7, 11) is 0. The van der Waals surface area contributed by atoms with Crippen LogP contribution in [-0.4, -0.2) is 23.4 Å². The fourth-order valence-electron chi connectivity index (χ4n) is 2.22.